The number of rotatable bonds is 4. The summed E-state index contributed by atoms with van der Waals surface area (Å²) in [6, 6.07) is 11.6. The molecule has 0 aliphatic carbocycles. The van der Waals surface area contributed by atoms with Gasteiger partial charge in [0.15, 0.2) is 0 Å². The minimum Gasteiger partial charge on any atom is -0.207 e. The van der Waals surface area contributed by atoms with Gasteiger partial charge < -0.3 is 0 Å². The van der Waals surface area contributed by atoms with Crippen molar-refractivity contribution < 1.29 is 65.9 Å². The Hall–Kier alpha value is -4.17. The lowest BCUT2D eigenvalue weighted by Gasteiger charge is -2.16. The van der Waals surface area contributed by atoms with Crippen molar-refractivity contribution in [2.45, 2.75) is 132 Å². The molecule has 0 nitrogen and oxygen atoms in total. The van der Waals surface area contributed by atoms with Gasteiger partial charge in [-0.1, -0.05) is 98.2 Å². The summed E-state index contributed by atoms with van der Waals surface area (Å²) < 4.78 is 190. The predicted octanol–water partition coefficient (Wildman–Crippen LogP) is 17.3. The lowest BCUT2D eigenvalue weighted by Crippen LogP contribution is -2.12. The molecule has 0 unspecified atom stereocenters. The van der Waals surface area contributed by atoms with E-state index >= 15 is 0 Å². The van der Waals surface area contributed by atoms with Crippen molar-refractivity contribution in [2.75, 3.05) is 0 Å². The Balaban J connectivity index is 0.000000756. The molecule has 0 radical (unpaired) electrons. The summed E-state index contributed by atoms with van der Waals surface area (Å²) in [6.07, 6.45) is -17.6. The quantitative estimate of drug-likeness (QED) is 0.179. The van der Waals surface area contributed by atoms with Crippen molar-refractivity contribution in [2.24, 2.45) is 0 Å². The first-order valence-electron chi connectivity index (χ1n) is 17.9. The summed E-state index contributed by atoms with van der Waals surface area (Å²) in [5.74, 6) is -4.17. The van der Waals surface area contributed by atoms with E-state index in [9.17, 15) is 65.9 Å². The third-order valence-corrected chi connectivity index (χ3v) is 8.51. The highest BCUT2D eigenvalue weighted by Crippen LogP contribution is 2.39. The Morgan fingerprint density at radius 1 is 0.373 bits per heavy atom. The lowest BCUT2D eigenvalue weighted by molar-refractivity contribution is -0.139. The largest absolute Gasteiger partial charge is 0.416 e. The first-order valence-corrected chi connectivity index (χ1v) is 17.9. The van der Waals surface area contributed by atoms with Gasteiger partial charge >= 0.3 is 24.7 Å². The van der Waals surface area contributed by atoms with Gasteiger partial charge in [0.1, 0.15) is 17.5 Å². The van der Waals surface area contributed by atoms with Crippen LogP contribution in [0.4, 0.5) is 65.9 Å². The highest BCUT2D eigenvalue weighted by molar-refractivity contribution is 5.38. The average Bonchev–Trinajstić information content (AvgIpc) is 3.04. The Bertz CT molecular complexity index is 1870. The predicted molar refractivity (Wildman–Crippen MR) is 203 cm³/mol. The van der Waals surface area contributed by atoms with E-state index in [1.807, 2.05) is 0 Å². The molecule has 0 heterocycles. The number of hydrogen-bond donors (Lipinski definition) is 0. The molecular weight excluding hydrogens is 813 g/mol. The van der Waals surface area contributed by atoms with Gasteiger partial charge in [-0.3, -0.25) is 0 Å². The number of halogens is 15. The average molecular weight is 865 g/mol. The van der Waals surface area contributed by atoms with Gasteiger partial charge in [-0.05, 0) is 97.0 Å². The maximum atomic E-state index is 13.2. The Labute approximate surface area is 336 Å². The molecule has 0 saturated carbocycles. The van der Waals surface area contributed by atoms with Crippen LogP contribution in [0.25, 0.3) is 0 Å². The molecule has 4 aromatic carbocycles. The van der Waals surface area contributed by atoms with E-state index in [1.54, 1.807) is 79.7 Å². The topological polar surface area (TPSA) is 0 Å². The van der Waals surface area contributed by atoms with Crippen LogP contribution >= 0.6 is 0 Å². The number of benzene rings is 4. The van der Waals surface area contributed by atoms with Crippen LogP contribution in [-0.4, -0.2) is 0 Å². The SMILES string of the molecule is C.CC(C)c1c(F)cc(F)cc1C(F)(F)F.Cc1cc(C(F)(F)F)c(C(C)C)cc1F.Cc1ccc(C(C)C)c(C(F)(F)F)c1.Cc1ccc(C(C)C)c(C(F)(F)F)c1. The molecule has 0 amide bonds. The van der Waals surface area contributed by atoms with Crippen molar-refractivity contribution in [1.82, 2.24) is 0 Å². The van der Waals surface area contributed by atoms with Crippen LogP contribution in [0.5, 0.6) is 0 Å². The van der Waals surface area contributed by atoms with Crippen LogP contribution < -0.4 is 0 Å². The van der Waals surface area contributed by atoms with Gasteiger partial charge in [0, 0.05) is 11.6 Å². The van der Waals surface area contributed by atoms with Gasteiger partial charge in [-0.15, -0.1) is 0 Å². The summed E-state index contributed by atoms with van der Waals surface area (Å²) >= 11 is 0. The van der Waals surface area contributed by atoms with E-state index in [4.69, 9.17) is 0 Å². The molecule has 0 aliphatic rings. The van der Waals surface area contributed by atoms with Crippen molar-refractivity contribution in [3.63, 3.8) is 0 Å². The second-order valence-electron chi connectivity index (χ2n) is 14.8. The Morgan fingerprint density at radius 2 is 0.712 bits per heavy atom. The molecule has 0 N–H and O–H groups in total. The van der Waals surface area contributed by atoms with Crippen LogP contribution in [0.15, 0.2) is 60.7 Å². The smallest absolute Gasteiger partial charge is 0.207 e. The maximum Gasteiger partial charge on any atom is 0.416 e. The molecule has 0 atom stereocenters. The zero-order valence-electron chi connectivity index (χ0n) is 33.8. The molecule has 59 heavy (non-hydrogen) atoms. The minimum absolute atomic E-state index is 0. The van der Waals surface area contributed by atoms with Crippen LogP contribution in [0.1, 0.15) is 148 Å². The van der Waals surface area contributed by atoms with Crippen molar-refractivity contribution >= 4 is 0 Å². The van der Waals surface area contributed by atoms with Gasteiger partial charge in [-0.2, -0.15) is 52.7 Å². The van der Waals surface area contributed by atoms with Gasteiger partial charge in [0.2, 0.25) is 0 Å². The van der Waals surface area contributed by atoms with E-state index in [2.05, 4.69) is 0 Å². The van der Waals surface area contributed by atoms with E-state index in [0.717, 1.165) is 12.1 Å². The van der Waals surface area contributed by atoms with Crippen molar-refractivity contribution in [3.05, 3.63) is 139 Å². The van der Waals surface area contributed by atoms with Crippen molar-refractivity contribution in [3.8, 4) is 0 Å². The Morgan fingerprint density at radius 3 is 1.02 bits per heavy atom. The molecule has 0 spiro atoms. The molecular formula is C44H51F15. The van der Waals surface area contributed by atoms with E-state index in [0.29, 0.717) is 34.4 Å². The fourth-order valence-electron chi connectivity index (χ4n) is 5.66. The normalized spacial score (nSPS) is 12.0. The zero-order valence-corrected chi connectivity index (χ0v) is 33.8. The second kappa shape index (κ2) is 21.4. The molecule has 15 heteroatoms. The lowest BCUT2D eigenvalue weighted by atomic mass is 9.95. The van der Waals surface area contributed by atoms with E-state index < -0.39 is 75.9 Å². The van der Waals surface area contributed by atoms with Gasteiger partial charge in [-0.25, -0.2) is 13.2 Å². The van der Waals surface area contributed by atoms with Crippen LogP contribution in [-0.2, 0) is 24.7 Å². The van der Waals surface area contributed by atoms with Crippen LogP contribution in [0.2, 0.25) is 0 Å². The monoisotopic (exact) mass is 864 g/mol. The number of hydrogen-bond acceptors (Lipinski definition) is 0. The van der Waals surface area contributed by atoms with Gasteiger partial charge in [0.05, 0.1) is 22.3 Å². The molecule has 0 bridgehead atoms. The first-order chi connectivity index (χ1) is 26.1. The van der Waals surface area contributed by atoms with Crippen LogP contribution in [0, 0.1) is 38.2 Å². The summed E-state index contributed by atoms with van der Waals surface area (Å²) in [7, 11) is 0. The molecule has 0 aliphatic heterocycles. The third-order valence-electron chi connectivity index (χ3n) is 8.51. The number of alkyl halides is 12. The molecule has 0 saturated heterocycles. The Kier molecular flexibility index (Phi) is 19.9. The standard InChI is InChI=1S/C11H12F4.2C11H13F3.C10H9F5.CH4/c1-6(2)8-5-10(12)7(3)4-9(8)11(13,14)15;2*1-7(2)9-5-4-8(3)6-10(9)11(12,13)14;1-5(2)9-7(10(13,14)15)3-6(11)4-8(9)12;/h4-6H,1-3H3;2*4-7H,1-3H3;3-5H,1-2H3;1H4. The fraction of sp³-hybridized carbons (Fsp3) is 0.455. The molecule has 0 fully saturated rings. The van der Waals surface area contributed by atoms with E-state index in [1.165, 1.54) is 32.9 Å². The van der Waals surface area contributed by atoms with Gasteiger partial charge in [0.25, 0.3) is 0 Å². The summed E-state index contributed by atoms with van der Waals surface area (Å²) in [5, 5.41) is 0. The molecule has 0 aromatic heterocycles. The number of aryl methyl sites for hydroxylation is 3. The second-order valence-corrected chi connectivity index (χ2v) is 14.8. The first kappa shape index (κ1) is 54.8. The fourth-order valence-corrected chi connectivity index (χ4v) is 5.66. The summed E-state index contributed by atoms with van der Waals surface area (Å²) in [4.78, 5) is 0. The zero-order chi connectivity index (χ0) is 45.5. The maximum absolute atomic E-state index is 13.2. The van der Waals surface area contributed by atoms with E-state index in [-0.39, 0.29) is 36.3 Å². The summed E-state index contributed by atoms with van der Waals surface area (Å²) in [6.45, 7) is 17.8. The highest BCUT2D eigenvalue weighted by Gasteiger charge is 2.37. The van der Waals surface area contributed by atoms with Crippen LogP contribution in [0.3, 0.4) is 0 Å². The third kappa shape index (κ3) is 16.4. The highest BCUT2D eigenvalue weighted by atomic mass is 19.4. The molecule has 4 aromatic rings. The molecule has 4 rings (SSSR count). The van der Waals surface area contributed by atoms with Crippen molar-refractivity contribution in [1.29, 1.82) is 0 Å². The molecule has 332 valence electrons. The minimum atomic E-state index is -4.73. The summed E-state index contributed by atoms with van der Waals surface area (Å²) in [5.41, 5.74) is -1.46.